The molecule has 0 heterocycles. The van der Waals surface area contributed by atoms with Crippen LogP contribution in [0.25, 0.3) is 0 Å². The third-order valence-corrected chi connectivity index (χ3v) is 4.96. The van der Waals surface area contributed by atoms with Gasteiger partial charge in [0.2, 0.25) is 0 Å². The molecule has 0 radical (unpaired) electrons. The summed E-state index contributed by atoms with van der Waals surface area (Å²) in [6, 6.07) is 0. The molecule has 102 valence electrons. The maximum Gasteiger partial charge on any atom is 0.162 e. The van der Waals surface area contributed by atoms with Crippen molar-refractivity contribution in [1.82, 2.24) is 0 Å². The Morgan fingerprint density at radius 2 is 1.84 bits per heavy atom. The zero-order valence-corrected chi connectivity index (χ0v) is 13.8. The van der Waals surface area contributed by atoms with Crippen molar-refractivity contribution >= 4 is 5.78 Å². The van der Waals surface area contributed by atoms with Crippen molar-refractivity contribution in [2.45, 2.75) is 44.9 Å². The quantitative estimate of drug-likeness (QED) is 0.483. The summed E-state index contributed by atoms with van der Waals surface area (Å²) in [6.45, 7) is 0. The van der Waals surface area contributed by atoms with Gasteiger partial charge in [0.05, 0.1) is 5.76 Å². The Labute approximate surface area is 134 Å². The van der Waals surface area contributed by atoms with Crippen LogP contribution in [0.3, 0.4) is 0 Å². The van der Waals surface area contributed by atoms with Crippen LogP contribution in [0, 0.1) is 23.7 Å². The average molecular weight is 338 g/mol. The molecule has 1 N–H and O–H groups in total. The molecule has 3 atom stereocenters. The molecule has 0 aromatic carbocycles. The molecule has 3 aliphatic rings. The first-order chi connectivity index (χ1) is 8.74. The molecular weight excluding hydrogens is 315 g/mol. The number of aliphatic hydroxyl groups is 1. The largest absolute Gasteiger partial charge is 0.512 e. The van der Waals surface area contributed by atoms with Crippen LogP contribution >= 0.6 is 0 Å². The van der Waals surface area contributed by atoms with Crippen LogP contribution in [0.4, 0.5) is 0 Å². The van der Waals surface area contributed by atoms with Crippen LogP contribution < -0.4 is 0 Å². The predicted octanol–water partition coefficient (Wildman–Crippen LogP) is 3.79. The van der Waals surface area contributed by atoms with Gasteiger partial charge in [0.25, 0.3) is 0 Å². The van der Waals surface area contributed by atoms with E-state index < -0.39 is 0 Å². The molecule has 3 unspecified atom stereocenters. The number of carbonyl (C=O) groups excluding carboxylic acids is 1. The van der Waals surface area contributed by atoms with Crippen LogP contribution in [0.2, 0.25) is 0 Å². The van der Waals surface area contributed by atoms with E-state index in [0.29, 0.717) is 17.6 Å². The Morgan fingerprint density at radius 1 is 1.11 bits per heavy atom. The zero-order chi connectivity index (χ0) is 12.5. The van der Waals surface area contributed by atoms with Gasteiger partial charge < -0.3 is 5.11 Å². The number of hydrogen-bond acceptors (Lipinski definition) is 2. The summed E-state index contributed by atoms with van der Waals surface area (Å²) in [4.78, 5) is 12.1. The number of hydrogen-bond donors (Lipinski definition) is 1. The molecule has 0 amide bonds. The van der Waals surface area contributed by atoms with Gasteiger partial charge in [0, 0.05) is 44.1 Å². The fraction of sp³-hybridized carbons (Fsp3) is 0.688. The first kappa shape index (κ1) is 15.2. The second kappa shape index (κ2) is 6.52. The number of aliphatic hydroxyl groups excluding tert-OH is 1. The molecule has 2 saturated carbocycles. The fourth-order valence-electron chi connectivity index (χ4n) is 3.88. The van der Waals surface area contributed by atoms with E-state index >= 15 is 0 Å². The first-order valence-corrected chi connectivity index (χ1v) is 7.37. The summed E-state index contributed by atoms with van der Waals surface area (Å²) in [7, 11) is 0. The summed E-state index contributed by atoms with van der Waals surface area (Å²) >= 11 is 0. The predicted molar refractivity (Wildman–Crippen MR) is 71.1 cm³/mol. The van der Waals surface area contributed by atoms with Crippen LogP contribution in [-0.4, -0.2) is 10.9 Å². The van der Waals surface area contributed by atoms with Crippen molar-refractivity contribution in [3.8, 4) is 0 Å². The maximum absolute atomic E-state index is 12.1. The van der Waals surface area contributed by atoms with Crippen molar-refractivity contribution in [2.75, 3.05) is 0 Å². The van der Waals surface area contributed by atoms with Gasteiger partial charge in [-0.05, 0) is 37.5 Å². The molecule has 0 aliphatic heterocycles. The Kier molecular flexibility index (Phi) is 5.23. The smallest absolute Gasteiger partial charge is 0.162 e. The molecule has 0 aromatic heterocycles. The second-order valence-corrected chi connectivity index (χ2v) is 6.19. The van der Waals surface area contributed by atoms with Gasteiger partial charge in [-0.2, -0.15) is 0 Å². The maximum atomic E-state index is 12.1. The number of carbonyl (C=O) groups is 1. The van der Waals surface area contributed by atoms with Crippen molar-refractivity contribution in [3.63, 3.8) is 0 Å². The number of rotatable bonds is 3. The van der Waals surface area contributed by atoms with E-state index in [0.717, 1.165) is 19.3 Å². The van der Waals surface area contributed by atoms with Gasteiger partial charge in [-0.15, -0.1) is 0 Å². The molecule has 2 nitrogen and oxygen atoms in total. The van der Waals surface area contributed by atoms with Crippen LogP contribution in [-0.2, 0) is 31.0 Å². The summed E-state index contributed by atoms with van der Waals surface area (Å²) < 4.78 is 0. The van der Waals surface area contributed by atoms with Gasteiger partial charge in [-0.25, -0.2) is 0 Å². The normalized spacial score (nSPS) is 34.3. The minimum atomic E-state index is 0. The Balaban J connectivity index is 0.00000133. The summed E-state index contributed by atoms with van der Waals surface area (Å²) in [5.41, 5.74) is 0. The molecular formula is C16H22O2Zr. The third kappa shape index (κ3) is 3.30. The number of fused-ring (bicyclic) bond motifs is 2. The molecule has 3 heteroatoms. The van der Waals surface area contributed by atoms with Crippen molar-refractivity contribution in [3.05, 3.63) is 24.0 Å². The molecule has 19 heavy (non-hydrogen) atoms. The monoisotopic (exact) mass is 336 g/mol. The standard InChI is InChI=1S/C16H22O2.Zr/c17-15(12-4-2-1-3-5-12)10-16(18)14-9-11-6-7-13(14)8-11;/h6-7,10-14,18H,1-5,8-9H2;/b16-10-;. The summed E-state index contributed by atoms with van der Waals surface area (Å²) in [5.74, 6) is 2.02. The van der Waals surface area contributed by atoms with E-state index in [1.165, 1.54) is 25.7 Å². The SMILES string of the molecule is O=C(/C=C(\O)C1CC2C=CC1C2)C1CCCCC1.[Zr]. The minimum Gasteiger partial charge on any atom is -0.512 e. The first-order valence-electron chi connectivity index (χ1n) is 7.37. The van der Waals surface area contributed by atoms with Gasteiger partial charge in [-0.1, -0.05) is 31.4 Å². The van der Waals surface area contributed by atoms with E-state index in [-0.39, 0.29) is 43.8 Å². The molecule has 0 saturated heterocycles. The Hall–Kier alpha value is -0.167. The van der Waals surface area contributed by atoms with Crippen LogP contribution in [0.15, 0.2) is 24.0 Å². The summed E-state index contributed by atoms with van der Waals surface area (Å²) in [5, 5.41) is 10.2. The Bertz CT molecular complexity index is 394. The van der Waals surface area contributed by atoms with E-state index in [4.69, 9.17) is 0 Å². The van der Waals surface area contributed by atoms with Gasteiger partial charge >= 0.3 is 0 Å². The average Bonchev–Trinajstić information content (AvgIpc) is 3.02. The number of allylic oxidation sites excluding steroid dienone is 4. The molecule has 3 rings (SSSR count). The van der Waals surface area contributed by atoms with E-state index in [9.17, 15) is 9.90 Å². The topological polar surface area (TPSA) is 37.3 Å². The van der Waals surface area contributed by atoms with Crippen LogP contribution in [0.5, 0.6) is 0 Å². The number of ketones is 1. The molecule has 3 aliphatic carbocycles. The molecule has 0 spiro atoms. The van der Waals surface area contributed by atoms with E-state index in [2.05, 4.69) is 12.2 Å². The Morgan fingerprint density at radius 3 is 2.42 bits per heavy atom. The van der Waals surface area contributed by atoms with Crippen LogP contribution in [0.1, 0.15) is 44.9 Å². The van der Waals surface area contributed by atoms with Crippen molar-refractivity contribution < 1.29 is 36.1 Å². The van der Waals surface area contributed by atoms with E-state index in [1.807, 2.05) is 0 Å². The third-order valence-electron chi connectivity index (χ3n) is 4.96. The van der Waals surface area contributed by atoms with Crippen molar-refractivity contribution in [2.24, 2.45) is 23.7 Å². The summed E-state index contributed by atoms with van der Waals surface area (Å²) in [6.07, 6.45) is 13.8. The molecule has 2 bridgehead atoms. The molecule has 2 fully saturated rings. The zero-order valence-electron chi connectivity index (χ0n) is 11.3. The molecule has 0 aromatic rings. The second-order valence-electron chi connectivity index (χ2n) is 6.19. The van der Waals surface area contributed by atoms with Gasteiger partial charge in [0.15, 0.2) is 5.78 Å². The van der Waals surface area contributed by atoms with Gasteiger partial charge in [-0.3, -0.25) is 4.79 Å². The van der Waals surface area contributed by atoms with Crippen molar-refractivity contribution in [1.29, 1.82) is 0 Å². The van der Waals surface area contributed by atoms with Gasteiger partial charge in [0.1, 0.15) is 0 Å². The minimum absolute atomic E-state index is 0. The fourth-order valence-corrected chi connectivity index (χ4v) is 3.88. The van der Waals surface area contributed by atoms with E-state index in [1.54, 1.807) is 6.08 Å².